The Bertz CT molecular complexity index is 1230. The Balaban J connectivity index is 1.46. The van der Waals surface area contributed by atoms with E-state index in [4.69, 9.17) is 14.3 Å². The van der Waals surface area contributed by atoms with E-state index < -0.39 is 5.54 Å². The summed E-state index contributed by atoms with van der Waals surface area (Å²) < 4.78 is 11.3. The second-order valence-electron chi connectivity index (χ2n) is 10.3. The molecular weight excluding hydrogens is 472 g/mol. The van der Waals surface area contributed by atoms with Crippen molar-refractivity contribution in [3.63, 3.8) is 0 Å². The van der Waals surface area contributed by atoms with Crippen molar-refractivity contribution in [2.45, 2.75) is 65.0 Å². The molecule has 5 rings (SSSR count). The van der Waals surface area contributed by atoms with Crippen LogP contribution in [0.2, 0.25) is 0 Å². The number of benzene rings is 1. The molecule has 37 heavy (non-hydrogen) atoms. The van der Waals surface area contributed by atoms with Crippen molar-refractivity contribution in [1.82, 2.24) is 14.7 Å². The highest BCUT2D eigenvalue weighted by molar-refractivity contribution is 6.01. The van der Waals surface area contributed by atoms with Crippen molar-refractivity contribution < 1.29 is 23.9 Å². The first-order valence-electron chi connectivity index (χ1n) is 13.0. The van der Waals surface area contributed by atoms with Gasteiger partial charge in [0.1, 0.15) is 17.3 Å². The molecule has 198 valence electrons. The number of carbonyl (C=O) groups excluding carboxylic acids is 2. The van der Waals surface area contributed by atoms with Gasteiger partial charge in [0, 0.05) is 49.3 Å². The number of likely N-dealkylation sites (tertiary alicyclic amines) is 1. The standard InChI is InChI=1S/C28H36N4O5/c1-7-32-27(34)31-16-20-14-21(35-5)15-23(36-6)25(20)17(2)12-24(31)28(32)8-10-30(11-9-28)26(33)22-13-18(3)29-37-19(22)4/h12,14-15,17H,7-11,13,16H2,1-6H3. The highest BCUT2D eigenvalue weighted by Gasteiger charge is 2.55. The maximum atomic E-state index is 13.8. The highest BCUT2D eigenvalue weighted by Crippen LogP contribution is 2.49. The molecule has 2 saturated heterocycles. The zero-order chi connectivity index (χ0) is 26.5. The van der Waals surface area contributed by atoms with Crippen LogP contribution in [-0.4, -0.2) is 71.7 Å². The van der Waals surface area contributed by atoms with E-state index in [0.717, 1.165) is 28.3 Å². The first-order valence-corrected chi connectivity index (χ1v) is 13.0. The van der Waals surface area contributed by atoms with E-state index in [1.165, 1.54) is 0 Å². The minimum absolute atomic E-state index is 0.00159. The van der Waals surface area contributed by atoms with Crippen molar-refractivity contribution in [1.29, 1.82) is 0 Å². The van der Waals surface area contributed by atoms with Gasteiger partial charge in [0.05, 0.1) is 37.6 Å². The number of hydrogen-bond donors (Lipinski definition) is 0. The summed E-state index contributed by atoms with van der Waals surface area (Å²) in [6.45, 7) is 10.0. The van der Waals surface area contributed by atoms with Crippen LogP contribution in [0.1, 0.15) is 64.0 Å². The third-order valence-corrected chi connectivity index (χ3v) is 8.24. The molecule has 0 N–H and O–H groups in total. The van der Waals surface area contributed by atoms with Crippen LogP contribution in [0.4, 0.5) is 4.79 Å². The van der Waals surface area contributed by atoms with Crippen LogP contribution in [-0.2, 0) is 16.2 Å². The van der Waals surface area contributed by atoms with Gasteiger partial charge < -0.3 is 24.1 Å². The van der Waals surface area contributed by atoms with Gasteiger partial charge in [-0.15, -0.1) is 0 Å². The molecule has 0 saturated carbocycles. The molecule has 2 fully saturated rings. The molecule has 4 aliphatic rings. The second-order valence-corrected chi connectivity index (χ2v) is 10.3. The number of piperidine rings is 1. The largest absolute Gasteiger partial charge is 0.497 e. The lowest BCUT2D eigenvalue weighted by Crippen LogP contribution is -2.55. The van der Waals surface area contributed by atoms with Gasteiger partial charge in [-0.2, -0.15) is 0 Å². The highest BCUT2D eigenvalue weighted by atomic mass is 16.6. The predicted molar refractivity (Wildman–Crippen MR) is 139 cm³/mol. The molecule has 1 atom stereocenters. The summed E-state index contributed by atoms with van der Waals surface area (Å²) in [6.07, 6.45) is 4.11. The Kier molecular flexibility index (Phi) is 6.41. The van der Waals surface area contributed by atoms with Crippen molar-refractivity contribution in [2.24, 2.45) is 5.16 Å². The van der Waals surface area contributed by atoms with Crippen LogP contribution in [0.3, 0.4) is 0 Å². The van der Waals surface area contributed by atoms with Gasteiger partial charge in [-0.25, -0.2) is 4.79 Å². The summed E-state index contributed by atoms with van der Waals surface area (Å²) in [4.78, 5) is 38.4. The van der Waals surface area contributed by atoms with Crippen molar-refractivity contribution >= 4 is 17.6 Å². The molecule has 3 amide bonds. The summed E-state index contributed by atoms with van der Waals surface area (Å²) >= 11 is 0. The van der Waals surface area contributed by atoms with Crippen molar-refractivity contribution in [3.8, 4) is 11.5 Å². The van der Waals surface area contributed by atoms with E-state index in [0.29, 0.717) is 62.5 Å². The molecule has 0 aliphatic carbocycles. The number of methoxy groups -OCH3 is 2. The molecule has 9 heteroatoms. The van der Waals surface area contributed by atoms with Crippen LogP contribution in [0, 0.1) is 0 Å². The fourth-order valence-electron chi connectivity index (χ4n) is 6.38. The molecule has 0 bridgehead atoms. The average molecular weight is 509 g/mol. The number of amides is 3. The van der Waals surface area contributed by atoms with Crippen molar-refractivity contribution in [2.75, 3.05) is 33.9 Å². The number of likely N-dealkylation sites (N-methyl/N-ethyl adjacent to an activating group) is 1. The topological polar surface area (TPSA) is 83.9 Å². The SMILES string of the molecule is CCN1C(=O)N2Cc3cc(OC)cc(OC)c3C(C)C=C2C12CCN(C(=O)C1=C(C)ON=C(C)C1)CC2. The minimum atomic E-state index is -0.444. The second kappa shape index (κ2) is 9.43. The summed E-state index contributed by atoms with van der Waals surface area (Å²) in [5, 5.41) is 3.99. The molecule has 1 spiro atoms. The van der Waals surface area contributed by atoms with Crippen LogP contribution in [0.25, 0.3) is 0 Å². The third-order valence-electron chi connectivity index (χ3n) is 8.24. The maximum Gasteiger partial charge on any atom is 0.325 e. The molecule has 1 aromatic carbocycles. The zero-order valence-corrected chi connectivity index (χ0v) is 22.6. The molecule has 9 nitrogen and oxygen atoms in total. The lowest BCUT2D eigenvalue weighted by molar-refractivity contribution is -0.129. The summed E-state index contributed by atoms with van der Waals surface area (Å²) in [5.74, 6) is 2.09. The number of allylic oxidation sites excluding steroid dienone is 2. The minimum Gasteiger partial charge on any atom is -0.497 e. The van der Waals surface area contributed by atoms with E-state index in [1.54, 1.807) is 21.1 Å². The van der Waals surface area contributed by atoms with Crippen molar-refractivity contribution in [3.05, 3.63) is 46.4 Å². The number of ether oxygens (including phenoxy) is 2. The molecule has 1 aromatic rings. The Labute approximate surface area is 218 Å². The van der Waals surface area contributed by atoms with E-state index >= 15 is 0 Å². The van der Waals surface area contributed by atoms with Gasteiger partial charge in [0.25, 0.3) is 5.91 Å². The normalized spacial score (nSPS) is 22.7. The number of hydrogen-bond acceptors (Lipinski definition) is 6. The predicted octanol–water partition coefficient (Wildman–Crippen LogP) is 4.39. The molecule has 1 unspecified atom stereocenters. The smallest absolute Gasteiger partial charge is 0.325 e. The number of urea groups is 1. The fourth-order valence-corrected chi connectivity index (χ4v) is 6.38. The number of oxime groups is 1. The monoisotopic (exact) mass is 508 g/mol. The molecule has 4 heterocycles. The first-order chi connectivity index (χ1) is 17.7. The van der Waals surface area contributed by atoms with Gasteiger partial charge in [0.2, 0.25) is 0 Å². The first kappa shape index (κ1) is 25.2. The Morgan fingerprint density at radius 1 is 1.19 bits per heavy atom. The quantitative estimate of drug-likeness (QED) is 0.602. The average Bonchev–Trinajstić information content (AvgIpc) is 3.00. The van der Waals surface area contributed by atoms with Crippen LogP contribution in [0.5, 0.6) is 11.5 Å². The van der Waals surface area contributed by atoms with E-state index in [1.807, 2.05) is 40.7 Å². The Morgan fingerprint density at radius 3 is 2.57 bits per heavy atom. The lowest BCUT2D eigenvalue weighted by atomic mass is 9.81. The van der Waals surface area contributed by atoms with Gasteiger partial charge in [-0.1, -0.05) is 18.2 Å². The number of nitrogens with zero attached hydrogens (tertiary/aromatic N) is 4. The number of fused-ring (bicyclic) bond motifs is 3. The van der Waals surface area contributed by atoms with Crippen LogP contribution in [0.15, 0.2) is 40.4 Å². The van der Waals surface area contributed by atoms with Gasteiger partial charge >= 0.3 is 6.03 Å². The molecular formula is C28H36N4O5. The van der Waals surface area contributed by atoms with Gasteiger partial charge in [-0.05, 0) is 45.2 Å². The fraction of sp³-hybridized carbons (Fsp3) is 0.536. The van der Waals surface area contributed by atoms with Crippen LogP contribution < -0.4 is 9.47 Å². The summed E-state index contributed by atoms with van der Waals surface area (Å²) in [6, 6.07) is 3.93. The third kappa shape index (κ3) is 3.95. The van der Waals surface area contributed by atoms with E-state index in [-0.39, 0.29) is 17.9 Å². The lowest BCUT2D eigenvalue weighted by Gasteiger charge is -2.44. The molecule has 4 aliphatic heterocycles. The summed E-state index contributed by atoms with van der Waals surface area (Å²) in [7, 11) is 3.31. The van der Waals surface area contributed by atoms with Crippen LogP contribution >= 0.6 is 0 Å². The maximum absolute atomic E-state index is 13.8. The van der Waals surface area contributed by atoms with Gasteiger partial charge in [-0.3, -0.25) is 9.69 Å². The Morgan fingerprint density at radius 2 is 1.92 bits per heavy atom. The number of carbonyl (C=O) groups is 2. The van der Waals surface area contributed by atoms with Gasteiger partial charge in [0.15, 0.2) is 0 Å². The van der Waals surface area contributed by atoms with E-state index in [9.17, 15) is 9.59 Å². The summed E-state index contributed by atoms with van der Waals surface area (Å²) in [5.41, 5.74) is 4.16. The van der Waals surface area contributed by atoms with E-state index in [2.05, 4.69) is 18.2 Å². The molecule has 0 radical (unpaired) electrons. The Hall–Kier alpha value is -3.49. The molecule has 0 aromatic heterocycles. The number of rotatable bonds is 4. The zero-order valence-electron chi connectivity index (χ0n) is 22.6.